The number of hydrogen-bond acceptors (Lipinski definition) is 6. The summed E-state index contributed by atoms with van der Waals surface area (Å²) < 4.78 is 12.8. The first-order valence-electron chi connectivity index (χ1n) is 15.4. The van der Waals surface area contributed by atoms with Crippen molar-refractivity contribution in [3.05, 3.63) is 0 Å². The number of hydrogen-bond donors (Lipinski definition) is 1. The molecule has 0 unspecified atom stereocenters. The van der Waals surface area contributed by atoms with Crippen LogP contribution in [0.15, 0.2) is 0 Å². The molecule has 38 heavy (non-hydrogen) atoms. The van der Waals surface area contributed by atoms with Gasteiger partial charge in [-0.2, -0.15) is 0 Å². The molecule has 0 aromatic carbocycles. The van der Waals surface area contributed by atoms with E-state index in [9.17, 15) is 9.59 Å². The molecular weight excluding hydrogens is 480 g/mol. The highest BCUT2D eigenvalue weighted by Gasteiger charge is 2.44. The summed E-state index contributed by atoms with van der Waals surface area (Å²) in [5, 5.41) is 3.38. The number of likely N-dealkylation sites (tertiary alicyclic amines) is 2. The summed E-state index contributed by atoms with van der Waals surface area (Å²) in [6.07, 6.45) is 4.22. The van der Waals surface area contributed by atoms with Crippen molar-refractivity contribution in [3.8, 4) is 0 Å². The summed E-state index contributed by atoms with van der Waals surface area (Å²) >= 11 is 0. The molecule has 0 aliphatic carbocycles. The third-order valence-corrected chi connectivity index (χ3v) is 8.85. The molecule has 4 fully saturated rings. The fourth-order valence-electron chi connectivity index (χ4n) is 7.14. The summed E-state index contributed by atoms with van der Waals surface area (Å²) in [7, 11) is 0. The lowest BCUT2D eigenvalue weighted by Crippen LogP contribution is -2.63. The molecule has 2 amide bonds. The number of carbonyl (C=O) groups is 2. The Morgan fingerprint density at radius 2 is 1.63 bits per heavy atom. The SMILES string of the molecule is CC(C)C[C@@H]1NCCN([C@@H](CC(C)C)C(=O)N2CCC3(CC2)OCC(CN2C[C@H](C)C[C@H](C)C2)CO3)C1=O. The van der Waals surface area contributed by atoms with Crippen molar-refractivity contribution in [2.75, 3.05) is 59.0 Å². The lowest BCUT2D eigenvalue weighted by Gasteiger charge is -2.47. The quantitative estimate of drug-likeness (QED) is 0.516. The molecule has 0 bridgehead atoms. The van der Waals surface area contributed by atoms with Gasteiger partial charge in [0.25, 0.3) is 0 Å². The summed E-state index contributed by atoms with van der Waals surface area (Å²) in [5.74, 6) is 2.30. The van der Waals surface area contributed by atoms with Crippen LogP contribution in [0.3, 0.4) is 0 Å². The molecule has 0 aromatic heterocycles. The van der Waals surface area contributed by atoms with Gasteiger partial charge in [0, 0.05) is 64.6 Å². The summed E-state index contributed by atoms with van der Waals surface area (Å²) in [6, 6.07) is -0.579. The molecule has 8 nitrogen and oxygen atoms in total. The molecule has 4 saturated heterocycles. The second kappa shape index (κ2) is 13.0. The Morgan fingerprint density at radius 3 is 2.21 bits per heavy atom. The van der Waals surface area contributed by atoms with E-state index >= 15 is 0 Å². The molecule has 8 heteroatoms. The summed E-state index contributed by atoms with van der Waals surface area (Å²) in [5.41, 5.74) is 0. The van der Waals surface area contributed by atoms with Crippen molar-refractivity contribution in [1.29, 1.82) is 0 Å². The largest absolute Gasteiger partial charge is 0.349 e. The van der Waals surface area contributed by atoms with Crippen LogP contribution in [0.1, 0.15) is 73.6 Å². The zero-order valence-corrected chi connectivity index (χ0v) is 24.9. The molecule has 1 spiro atoms. The van der Waals surface area contributed by atoms with Gasteiger partial charge in [-0.15, -0.1) is 0 Å². The first-order valence-corrected chi connectivity index (χ1v) is 15.4. The van der Waals surface area contributed by atoms with Crippen LogP contribution in [-0.4, -0.2) is 103 Å². The molecule has 4 rings (SSSR count). The zero-order chi connectivity index (χ0) is 27.4. The Kier molecular flexibility index (Phi) is 10.2. The lowest BCUT2D eigenvalue weighted by atomic mass is 9.91. The smallest absolute Gasteiger partial charge is 0.245 e. The maximum atomic E-state index is 13.8. The topological polar surface area (TPSA) is 74.3 Å². The van der Waals surface area contributed by atoms with Gasteiger partial charge in [-0.25, -0.2) is 0 Å². The Morgan fingerprint density at radius 1 is 1.00 bits per heavy atom. The number of rotatable bonds is 8. The highest BCUT2D eigenvalue weighted by molar-refractivity contribution is 5.90. The number of piperazine rings is 1. The van der Waals surface area contributed by atoms with Gasteiger partial charge < -0.3 is 29.5 Å². The first kappa shape index (κ1) is 29.8. The normalized spacial score (nSPS) is 30.4. The highest BCUT2D eigenvalue weighted by Crippen LogP contribution is 2.34. The van der Waals surface area contributed by atoms with Crippen molar-refractivity contribution in [3.63, 3.8) is 0 Å². The van der Waals surface area contributed by atoms with Gasteiger partial charge in [0.2, 0.25) is 11.8 Å². The van der Waals surface area contributed by atoms with Crippen molar-refractivity contribution in [2.45, 2.75) is 91.5 Å². The molecule has 4 heterocycles. The number of amides is 2. The number of ether oxygens (including phenoxy) is 2. The van der Waals surface area contributed by atoms with Crippen LogP contribution in [0.2, 0.25) is 0 Å². The standard InChI is InChI=1S/C30H54N4O4/c1-21(2)13-26-28(35)34(12-9-31-26)27(14-22(3)4)29(36)33-10-7-30(8-11-33)37-19-25(20-38-30)18-32-16-23(5)15-24(6)17-32/h21-27,31H,7-20H2,1-6H3/t23-,24+,26-,27-/m0/s1. The van der Waals surface area contributed by atoms with Gasteiger partial charge in [-0.3, -0.25) is 9.59 Å². The Balaban J connectivity index is 1.30. The molecule has 4 aliphatic heterocycles. The second-order valence-corrected chi connectivity index (χ2v) is 13.7. The maximum Gasteiger partial charge on any atom is 0.245 e. The van der Waals surface area contributed by atoms with E-state index in [1.54, 1.807) is 0 Å². The number of carbonyl (C=O) groups excluding carboxylic acids is 2. The third-order valence-electron chi connectivity index (χ3n) is 8.85. The van der Waals surface area contributed by atoms with Crippen LogP contribution in [0.5, 0.6) is 0 Å². The van der Waals surface area contributed by atoms with E-state index in [-0.39, 0.29) is 23.9 Å². The van der Waals surface area contributed by atoms with Gasteiger partial charge in [-0.05, 0) is 42.9 Å². The second-order valence-electron chi connectivity index (χ2n) is 13.7. The van der Waals surface area contributed by atoms with Crippen LogP contribution < -0.4 is 5.32 Å². The Hall–Kier alpha value is -1.22. The van der Waals surface area contributed by atoms with E-state index in [1.165, 1.54) is 19.5 Å². The van der Waals surface area contributed by atoms with Crippen LogP contribution in [0, 0.1) is 29.6 Å². The Bertz CT molecular complexity index is 777. The lowest BCUT2D eigenvalue weighted by molar-refractivity contribution is -0.299. The molecule has 0 saturated carbocycles. The zero-order valence-electron chi connectivity index (χ0n) is 24.9. The minimum absolute atomic E-state index is 0.0833. The van der Waals surface area contributed by atoms with Crippen LogP contribution >= 0.6 is 0 Å². The first-order chi connectivity index (χ1) is 18.0. The van der Waals surface area contributed by atoms with Gasteiger partial charge in [-0.1, -0.05) is 41.5 Å². The van der Waals surface area contributed by atoms with Crippen LogP contribution in [0.25, 0.3) is 0 Å². The fraction of sp³-hybridized carbons (Fsp3) is 0.933. The minimum Gasteiger partial charge on any atom is -0.349 e. The predicted octanol–water partition coefficient (Wildman–Crippen LogP) is 3.21. The van der Waals surface area contributed by atoms with Crippen molar-refractivity contribution >= 4 is 11.8 Å². The van der Waals surface area contributed by atoms with E-state index in [2.05, 4.69) is 51.8 Å². The molecule has 0 aromatic rings. The van der Waals surface area contributed by atoms with Crippen molar-refractivity contribution in [2.24, 2.45) is 29.6 Å². The molecular formula is C30H54N4O4. The van der Waals surface area contributed by atoms with E-state index < -0.39 is 5.79 Å². The highest BCUT2D eigenvalue weighted by atomic mass is 16.7. The predicted molar refractivity (Wildman–Crippen MR) is 150 cm³/mol. The van der Waals surface area contributed by atoms with E-state index in [1.807, 2.05) is 9.80 Å². The monoisotopic (exact) mass is 534 g/mol. The van der Waals surface area contributed by atoms with Crippen LogP contribution in [-0.2, 0) is 19.1 Å². The minimum atomic E-state index is -0.559. The van der Waals surface area contributed by atoms with E-state index in [0.717, 1.165) is 44.6 Å². The average molecular weight is 535 g/mol. The maximum absolute atomic E-state index is 13.8. The molecule has 1 N–H and O–H groups in total. The molecule has 0 radical (unpaired) electrons. The average Bonchev–Trinajstić information content (AvgIpc) is 2.85. The van der Waals surface area contributed by atoms with E-state index in [0.29, 0.717) is 56.7 Å². The number of nitrogens with zero attached hydrogens (tertiary/aromatic N) is 3. The van der Waals surface area contributed by atoms with Crippen molar-refractivity contribution in [1.82, 2.24) is 20.0 Å². The number of nitrogens with one attached hydrogen (secondary N) is 1. The summed E-state index contributed by atoms with van der Waals surface area (Å²) in [4.78, 5) is 33.6. The van der Waals surface area contributed by atoms with Gasteiger partial charge in [0.15, 0.2) is 5.79 Å². The van der Waals surface area contributed by atoms with E-state index in [4.69, 9.17) is 9.47 Å². The fourth-order valence-corrected chi connectivity index (χ4v) is 7.14. The van der Waals surface area contributed by atoms with Crippen LogP contribution in [0.4, 0.5) is 0 Å². The Labute approximate surface area is 231 Å². The van der Waals surface area contributed by atoms with Crippen molar-refractivity contribution < 1.29 is 19.1 Å². The number of piperidine rings is 2. The molecule has 4 atom stereocenters. The molecule has 218 valence electrons. The third kappa shape index (κ3) is 7.49. The van der Waals surface area contributed by atoms with Gasteiger partial charge >= 0.3 is 0 Å². The summed E-state index contributed by atoms with van der Waals surface area (Å²) in [6.45, 7) is 20.7. The molecule has 4 aliphatic rings. The van der Waals surface area contributed by atoms with Gasteiger partial charge in [0.1, 0.15) is 6.04 Å². The van der Waals surface area contributed by atoms with Gasteiger partial charge in [0.05, 0.1) is 19.3 Å².